The number of amides is 2. The number of hydrogen-bond donors (Lipinski definition) is 3. The van der Waals surface area contributed by atoms with Crippen LogP contribution in [0.4, 0.5) is 0 Å². The predicted molar refractivity (Wildman–Crippen MR) is 93.4 cm³/mol. The molecule has 0 fully saturated rings. The molecule has 2 heterocycles. The summed E-state index contributed by atoms with van der Waals surface area (Å²) in [5, 5.41) is 8.76. The van der Waals surface area contributed by atoms with Crippen LogP contribution in [0.3, 0.4) is 0 Å². The van der Waals surface area contributed by atoms with Gasteiger partial charge in [0.15, 0.2) is 5.69 Å². The van der Waals surface area contributed by atoms with Crippen LogP contribution in [-0.2, 0) is 24.2 Å². The number of aromatic amines is 1. The molecular weight excluding hydrogens is 342 g/mol. The van der Waals surface area contributed by atoms with Crippen molar-refractivity contribution in [2.45, 2.75) is 52.0 Å². The van der Waals surface area contributed by atoms with Gasteiger partial charge in [0.25, 0.3) is 5.91 Å². The summed E-state index contributed by atoms with van der Waals surface area (Å²) in [6.45, 7) is 2.35. The highest BCUT2D eigenvalue weighted by molar-refractivity contribution is 7.07. The van der Waals surface area contributed by atoms with Gasteiger partial charge in [0, 0.05) is 35.3 Å². The Morgan fingerprint density at radius 2 is 2.12 bits per heavy atom. The molecule has 0 radical (unpaired) electrons. The molecule has 1 aliphatic carbocycles. The van der Waals surface area contributed by atoms with Crippen LogP contribution >= 0.6 is 11.3 Å². The predicted octanol–water partition coefficient (Wildman–Crippen LogP) is 1.06. The second-order valence-corrected chi connectivity index (χ2v) is 6.96. The largest absolute Gasteiger partial charge is 0.307 e. The molecule has 8 nitrogen and oxygen atoms in total. The first-order valence-electron chi connectivity index (χ1n) is 8.36. The van der Waals surface area contributed by atoms with Gasteiger partial charge in [0.05, 0.1) is 0 Å². The molecule has 3 N–H and O–H groups in total. The van der Waals surface area contributed by atoms with Gasteiger partial charge in [0.1, 0.15) is 0 Å². The second-order valence-electron chi connectivity index (χ2n) is 6.14. The fraction of sp³-hybridized carbons (Fsp3) is 0.500. The summed E-state index contributed by atoms with van der Waals surface area (Å²) in [5.41, 5.74) is 8.04. The average molecular weight is 363 g/mol. The molecular formula is C16H21N5O3S. The van der Waals surface area contributed by atoms with Gasteiger partial charge >= 0.3 is 4.87 Å². The van der Waals surface area contributed by atoms with Crippen molar-refractivity contribution in [3.05, 3.63) is 37.7 Å². The molecule has 25 heavy (non-hydrogen) atoms. The number of hydrazine groups is 1. The molecule has 0 aliphatic heterocycles. The molecule has 9 heteroatoms. The number of nitrogens with zero attached hydrogens (tertiary/aromatic N) is 2. The van der Waals surface area contributed by atoms with E-state index in [2.05, 4.69) is 21.0 Å². The zero-order valence-corrected chi connectivity index (χ0v) is 14.9. The first kappa shape index (κ1) is 17.4. The number of H-pyrrole nitrogens is 1. The summed E-state index contributed by atoms with van der Waals surface area (Å²) in [6, 6.07) is 0. The number of rotatable bonds is 5. The van der Waals surface area contributed by atoms with Crippen molar-refractivity contribution >= 4 is 23.2 Å². The SMILES string of the molecule is Cc1csc(=O)n1CCCC(=O)NNC(=O)c1n[nH]c2c1CCCC2. The molecule has 0 bridgehead atoms. The summed E-state index contributed by atoms with van der Waals surface area (Å²) in [7, 11) is 0. The number of aromatic nitrogens is 3. The van der Waals surface area contributed by atoms with E-state index >= 15 is 0 Å². The summed E-state index contributed by atoms with van der Waals surface area (Å²) >= 11 is 1.15. The van der Waals surface area contributed by atoms with Crippen molar-refractivity contribution in [2.75, 3.05) is 0 Å². The van der Waals surface area contributed by atoms with Crippen molar-refractivity contribution in [2.24, 2.45) is 0 Å². The number of carbonyl (C=O) groups is 2. The van der Waals surface area contributed by atoms with E-state index in [0.717, 1.165) is 54.0 Å². The smallest absolute Gasteiger partial charge is 0.303 e. The molecule has 0 saturated heterocycles. The third-order valence-electron chi connectivity index (χ3n) is 4.35. The highest BCUT2D eigenvalue weighted by Gasteiger charge is 2.21. The maximum atomic E-state index is 12.2. The molecule has 0 spiro atoms. The highest BCUT2D eigenvalue weighted by atomic mass is 32.1. The molecule has 3 rings (SSSR count). The second kappa shape index (κ2) is 7.64. The Kier molecular flexibility index (Phi) is 5.32. The Balaban J connectivity index is 1.45. The number of thiazole rings is 1. The standard InChI is InChI=1S/C16H21N5O3S/c1-10-9-25-16(24)21(10)8-4-7-13(22)18-20-15(23)14-11-5-2-3-6-12(11)17-19-14/h9H,2-8H2,1H3,(H,17,19)(H,18,22)(H,20,23). The molecule has 0 aromatic carbocycles. The lowest BCUT2D eigenvalue weighted by atomic mass is 9.96. The summed E-state index contributed by atoms with van der Waals surface area (Å²) in [4.78, 5) is 35.6. The molecule has 1 aliphatic rings. The molecule has 2 aromatic heterocycles. The molecule has 2 amide bonds. The van der Waals surface area contributed by atoms with Crippen LogP contribution in [0.1, 0.15) is 53.1 Å². The Morgan fingerprint density at radius 3 is 2.88 bits per heavy atom. The van der Waals surface area contributed by atoms with Crippen LogP contribution in [0.2, 0.25) is 0 Å². The van der Waals surface area contributed by atoms with E-state index in [9.17, 15) is 14.4 Å². The zero-order chi connectivity index (χ0) is 17.8. The lowest BCUT2D eigenvalue weighted by Crippen LogP contribution is -2.42. The van der Waals surface area contributed by atoms with Crippen molar-refractivity contribution in [1.82, 2.24) is 25.6 Å². The van der Waals surface area contributed by atoms with Crippen molar-refractivity contribution in [3.63, 3.8) is 0 Å². The maximum absolute atomic E-state index is 12.2. The topological polar surface area (TPSA) is 109 Å². The lowest BCUT2D eigenvalue weighted by molar-refractivity contribution is -0.122. The number of fused-ring (bicyclic) bond motifs is 1. The van der Waals surface area contributed by atoms with Crippen LogP contribution in [0, 0.1) is 6.92 Å². The van der Waals surface area contributed by atoms with Gasteiger partial charge in [-0.3, -0.25) is 30.3 Å². The summed E-state index contributed by atoms with van der Waals surface area (Å²) in [6.07, 6.45) is 4.62. The fourth-order valence-corrected chi connectivity index (χ4v) is 3.75. The Morgan fingerprint density at radius 1 is 1.32 bits per heavy atom. The van der Waals surface area contributed by atoms with Gasteiger partial charge in [-0.2, -0.15) is 5.10 Å². The van der Waals surface area contributed by atoms with Crippen LogP contribution in [-0.4, -0.2) is 26.6 Å². The normalized spacial score (nSPS) is 13.3. The number of aryl methyl sites for hydroxylation is 2. The maximum Gasteiger partial charge on any atom is 0.307 e. The van der Waals surface area contributed by atoms with Gasteiger partial charge in [-0.15, -0.1) is 0 Å². The van der Waals surface area contributed by atoms with E-state index in [1.807, 2.05) is 6.92 Å². The first-order valence-corrected chi connectivity index (χ1v) is 9.24. The molecule has 0 atom stereocenters. The van der Waals surface area contributed by atoms with Gasteiger partial charge < -0.3 is 4.57 Å². The molecule has 2 aromatic rings. The zero-order valence-electron chi connectivity index (χ0n) is 14.1. The third kappa shape index (κ3) is 3.98. The Hall–Kier alpha value is -2.42. The lowest BCUT2D eigenvalue weighted by Gasteiger charge is -2.11. The number of nitrogens with one attached hydrogen (secondary N) is 3. The van der Waals surface area contributed by atoms with E-state index < -0.39 is 5.91 Å². The van der Waals surface area contributed by atoms with Gasteiger partial charge in [-0.1, -0.05) is 11.3 Å². The van der Waals surface area contributed by atoms with Gasteiger partial charge in [-0.05, 0) is 39.0 Å². The minimum Gasteiger partial charge on any atom is -0.303 e. The van der Waals surface area contributed by atoms with E-state index in [1.165, 1.54) is 0 Å². The quantitative estimate of drug-likeness (QED) is 0.690. The van der Waals surface area contributed by atoms with E-state index in [-0.39, 0.29) is 17.2 Å². The van der Waals surface area contributed by atoms with E-state index in [0.29, 0.717) is 18.7 Å². The van der Waals surface area contributed by atoms with E-state index in [4.69, 9.17) is 0 Å². The van der Waals surface area contributed by atoms with Crippen molar-refractivity contribution in [3.8, 4) is 0 Å². The highest BCUT2D eigenvalue weighted by Crippen LogP contribution is 2.21. The van der Waals surface area contributed by atoms with Crippen LogP contribution in [0.25, 0.3) is 0 Å². The van der Waals surface area contributed by atoms with Crippen LogP contribution in [0.15, 0.2) is 10.2 Å². The minimum atomic E-state index is -0.405. The Bertz CT molecular complexity index is 835. The number of carbonyl (C=O) groups excluding carboxylic acids is 2. The fourth-order valence-electron chi connectivity index (χ4n) is 2.99. The van der Waals surface area contributed by atoms with Gasteiger partial charge in [-0.25, -0.2) is 0 Å². The molecule has 134 valence electrons. The van der Waals surface area contributed by atoms with Crippen molar-refractivity contribution in [1.29, 1.82) is 0 Å². The summed E-state index contributed by atoms with van der Waals surface area (Å²) in [5.74, 6) is -0.698. The minimum absolute atomic E-state index is 0.0190. The molecule has 0 saturated carbocycles. The average Bonchev–Trinajstić information content (AvgIpc) is 3.18. The monoisotopic (exact) mass is 363 g/mol. The molecule has 0 unspecified atom stereocenters. The third-order valence-corrected chi connectivity index (χ3v) is 5.23. The number of hydrogen-bond acceptors (Lipinski definition) is 5. The van der Waals surface area contributed by atoms with E-state index in [1.54, 1.807) is 9.95 Å². The van der Waals surface area contributed by atoms with Crippen molar-refractivity contribution < 1.29 is 9.59 Å². The Labute approximate surface area is 148 Å². The van der Waals surface area contributed by atoms with Crippen LogP contribution < -0.4 is 15.7 Å². The summed E-state index contributed by atoms with van der Waals surface area (Å²) < 4.78 is 1.65. The van der Waals surface area contributed by atoms with Crippen LogP contribution in [0.5, 0.6) is 0 Å². The van der Waals surface area contributed by atoms with Gasteiger partial charge in [0.2, 0.25) is 5.91 Å². The first-order chi connectivity index (χ1) is 12.1.